The Balaban J connectivity index is 1.35. The Labute approximate surface area is 281 Å². The summed E-state index contributed by atoms with van der Waals surface area (Å²) in [5.41, 5.74) is -4.55. The molecule has 1 aromatic heterocycles. The van der Waals surface area contributed by atoms with Gasteiger partial charge >= 0.3 is 17.6 Å². The fourth-order valence-electron chi connectivity index (χ4n) is 6.52. The summed E-state index contributed by atoms with van der Waals surface area (Å²) in [4.78, 5) is 56.0. The number of nitrogens with one attached hydrogen (secondary N) is 2. The van der Waals surface area contributed by atoms with Crippen LogP contribution in [0.15, 0.2) is 23.0 Å². The minimum atomic E-state index is -4.63. The van der Waals surface area contributed by atoms with Crippen LogP contribution in [0, 0.1) is 11.3 Å². The number of halogens is 3. The van der Waals surface area contributed by atoms with Crippen molar-refractivity contribution in [2.75, 3.05) is 27.4 Å². The second-order valence-electron chi connectivity index (χ2n) is 13.1. The predicted octanol–water partition coefficient (Wildman–Crippen LogP) is 6.27. The molecule has 2 N–H and O–H groups in total. The average molecular weight is 700 g/mol. The van der Waals surface area contributed by atoms with Crippen LogP contribution in [0.25, 0.3) is 10.9 Å². The zero-order chi connectivity index (χ0) is 35.1. The highest BCUT2D eigenvalue weighted by molar-refractivity contribution is 7.95. The molecule has 1 saturated heterocycles. The number of amides is 2. The van der Waals surface area contributed by atoms with Crippen molar-refractivity contribution < 1.29 is 45.9 Å². The van der Waals surface area contributed by atoms with Gasteiger partial charge in [0.1, 0.15) is 17.8 Å². The van der Waals surface area contributed by atoms with Crippen LogP contribution in [0.3, 0.4) is 0 Å². The Bertz CT molecular complexity index is 1510. The molecule has 0 bridgehead atoms. The molecule has 2 amide bonds. The lowest BCUT2D eigenvalue weighted by Gasteiger charge is -2.34. The van der Waals surface area contributed by atoms with Gasteiger partial charge in [-0.3, -0.25) is 9.59 Å². The molecule has 11 nitrogen and oxygen atoms in total. The molecule has 1 saturated carbocycles. The number of rotatable bonds is 13. The van der Waals surface area contributed by atoms with Crippen LogP contribution < -0.4 is 19.7 Å². The number of H-pyrrole nitrogens is 1. The third kappa shape index (κ3) is 9.95. The highest BCUT2D eigenvalue weighted by atomic mass is 32.2. The van der Waals surface area contributed by atoms with Gasteiger partial charge in [-0.25, -0.2) is 9.59 Å². The number of carbonyl (C=O) groups is 3. The van der Waals surface area contributed by atoms with Crippen LogP contribution in [0.4, 0.5) is 18.0 Å². The molecule has 1 aliphatic heterocycles. The Morgan fingerprint density at radius 2 is 1.79 bits per heavy atom. The maximum Gasteiger partial charge on any atom is 0.479 e. The van der Waals surface area contributed by atoms with E-state index in [1.54, 1.807) is 12.1 Å². The average Bonchev–Trinajstić information content (AvgIpc) is 3.55. The Morgan fingerprint density at radius 1 is 1.06 bits per heavy atom. The van der Waals surface area contributed by atoms with E-state index >= 15 is 0 Å². The molecule has 2 aliphatic rings. The Hall–Kier alpha value is -3.62. The zero-order valence-electron chi connectivity index (χ0n) is 27.7. The third-order valence-electron chi connectivity index (χ3n) is 9.00. The molecule has 15 heteroatoms. The van der Waals surface area contributed by atoms with Crippen molar-refractivity contribution in [3.8, 4) is 11.6 Å². The van der Waals surface area contributed by atoms with Gasteiger partial charge in [-0.1, -0.05) is 33.1 Å². The summed E-state index contributed by atoms with van der Waals surface area (Å²) < 4.78 is 58.3. The lowest BCUT2D eigenvalue weighted by atomic mass is 9.83. The van der Waals surface area contributed by atoms with E-state index < -0.39 is 52.5 Å². The van der Waals surface area contributed by atoms with Crippen molar-refractivity contribution in [3.05, 3.63) is 34.0 Å². The third-order valence-corrected chi connectivity index (χ3v) is 9.45. The molecule has 1 aliphatic carbocycles. The lowest BCUT2D eigenvalue weighted by Crippen LogP contribution is -2.55. The van der Waals surface area contributed by atoms with Gasteiger partial charge in [0.15, 0.2) is 17.5 Å². The summed E-state index contributed by atoms with van der Waals surface area (Å²) >= 11 is -0.716. The van der Waals surface area contributed by atoms with E-state index in [0.29, 0.717) is 44.4 Å². The van der Waals surface area contributed by atoms with E-state index in [9.17, 15) is 32.3 Å². The van der Waals surface area contributed by atoms with E-state index in [1.807, 2.05) is 13.8 Å². The van der Waals surface area contributed by atoms with Crippen LogP contribution in [0.1, 0.15) is 77.2 Å². The topological polar surface area (TPSA) is 136 Å². The SMILES string of the molecule is COC(=O)C1CCCN1C(=O)[C@@H](NC(=O)OCC(C)(C)CCCc1cc2c(=O)cc(OSC(F)(F)F)[nH]c2cc1OC)C1CCCCC1. The van der Waals surface area contributed by atoms with E-state index in [2.05, 4.69) is 14.5 Å². The fourth-order valence-corrected chi connectivity index (χ4v) is 6.79. The molecule has 266 valence electrons. The minimum Gasteiger partial charge on any atom is -0.496 e. The zero-order valence-corrected chi connectivity index (χ0v) is 28.5. The summed E-state index contributed by atoms with van der Waals surface area (Å²) in [5.74, 6) is -0.654. The molecule has 2 atom stereocenters. The molecular weight excluding hydrogens is 655 g/mol. The van der Waals surface area contributed by atoms with E-state index in [-0.39, 0.29) is 35.2 Å². The monoisotopic (exact) mass is 699 g/mol. The first-order valence-electron chi connectivity index (χ1n) is 16.2. The minimum absolute atomic E-state index is 0.0484. The molecule has 48 heavy (non-hydrogen) atoms. The van der Waals surface area contributed by atoms with Gasteiger partial charge in [0, 0.05) is 24.1 Å². The number of hydrogen-bond donors (Lipinski definition) is 2. The second-order valence-corrected chi connectivity index (χ2v) is 13.9. The van der Waals surface area contributed by atoms with Gasteiger partial charge in [0.25, 0.3) is 0 Å². The number of likely N-dealkylation sites (tertiary alicyclic amines) is 1. The van der Waals surface area contributed by atoms with Crippen molar-refractivity contribution in [1.29, 1.82) is 0 Å². The van der Waals surface area contributed by atoms with Crippen molar-refractivity contribution in [3.63, 3.8) is 0 Å². The predicted molar refractivity (Wildman–Crippen MR) is 174 cm³/mol. The van der Waals surface area contributed by atoms with Gasteiger partial charge < -0.3 is 33.6 Å². The number of carbonyl (C=O) groups excluding carboxylic acids is 3. The first kappa shape index (κ1) is 37.2. The number of methoxy groups -OCH3 is 2. The van der Waals surface area contributed by atoms with Crippen LogP contribution in [-0.4, -0.2) is 72.8 Å². The normalized spacial score (nSPS) is 18.0. The summed E-state index contributed by atoms with van der Waals surface area (Å²) in [7, 11) is 2.76. The van der Waals surface area contributed by atoms with Crippen LogP contribution >= 0.6 is 12.0 Å². The van der Waals surface area contributed by atoms with Crippen LogP contribution in [-0.2, 0) is 25.5 Å². The number of fused-ring (bicyclic) bond motifs is 1. The largest absolute Gasteiger partial charge is 0.496 e. The molecular formula is C33H44F3N3O8S. The highest BCUT2D eigenvalue weighted by Gasteiger charge is 2.41. The number of aromatic nitrogens is 1. The van der Waals surface area contributed by atoms with Gasteiger partial charge in [0.05, 0.1) is 26.3 Å². The van der Waals surface area contributed by atoms with E-state index in [1.165, 1.54) is 19.1 Å². The summed E-state index contributed by atoms with van der Waals surface area (Å²) in [6.07, 6.45) is 6.93. The maximum absolute atomic E-state index is 13.7. The standard InChI is InChI=1S/C33H44F3N3O8S/c1-32(2,14-8-12-21-16-22-23(17-26(21)44-3)37-27(18-25(22)40)47-48-33(34,35)36)19-46-31(43)38-28(20-10-6-5-7-11-20)29(41)39-15-9-13-24(39)30(42)45-4/h16-18,20,24,28H,5-15,19H2,1-4H3,(H,37,40)(H,38,43)/t24?,28-/m0/s1. The number of nitrogens with zero attached hydrogens (tertiary/aromatic N) is 1. The number of alkyl halides is 3. The van der Waals surface area contributed by atoms with Gasteiger partial charge in [-0.2, -0.15) is 13.2 Å². The highest BCUT2D eigenvalue weighted by Crippen LogP contribution is 2.34. The van der Waals surface area contributed by atoms with Gasteiger partial charge in [-0.05, 0) is 67.9 Å². The number of alkyl carbamates (subject to hydrolysis) is 1. The first-order valence-corrected chi connectivity index (χ1v) is 16.9. The Morgan fingerprint density at radius 3 is 2.46 bits per heavy atom. The van der Waals surface area contributed by atoms with E-state index in [0.717, 1.165) is 43.7 Å². The second kappa shape index (κ2) is 16.2. The van der Waals surface area contributed by atoms with Crippen molar-refractivity contribution in [1.82, 2.24) is 15.2 Å². The van der Waals surface area contributed by atoms with Crippen molar-refractivity contribution >= 4 is 40.9 Å². The number of benzene rings is 1. The Kier molecular flexibility index (Phi) is 12.5. The number of aryl methyl sites for hydroxylation is 1. The molecule has 0 radical (unpaired) electrons. The molecule has 2 aromatic rings. The van der Waals surface area contributed by atoms with Gasteiger partial charge in [0.2, 0.25) is 11.8 Å². The van der Waals surface area contributed by atoms with Crippen LogP contribution in [0.5, 0.6) is 11.6 Å². The van der Waals surface area contributed by atoms with Gasteiger partial charge in [-0.15, -0.1) is 0 Å². The lowest BCUT2D eigenvalue weighted by molar-refractivity contribution is -0.152. The summed E-state index contributed by atoms with van der Waals surface area (Å²) in [5, 5.41) is 3.11. The maximum atomic E-state index is 13.7. The number of hydrogen-bond acceptors (Lipinski definition) is 9. The molecule has 0 spiro atoms. The smallest absolute Gasteiger partial charge is 0.479 e. The number of aromatic amines is 1. The summed E-state index contributed by atoms with van der Waals surface area (Å²) in [6.45, 7) is 4.43. The summed E-state index contributed by atoms with van der Waals surface area (Å²) in [6, 6.07) is 2.73. The van der Waals surface area contributed by atoms with Crippen molar-refractivity contribution in [2.45, 2.75) is 95.6 Å². The molecule has 2 fully saturated rings. The first-order chi connectivity index (χ1) is 22.7. The number of pyridine rings is 1. The molecule has 2 heterocycles. The van der Waals surface area contributed by atoms with Crippen LogP contribution in [0.2, 0.25) is 0 Å². The molecule has 4 rings (SSSR count). The fraction of sp³-hybridized carbons (Fsp3) is 0.636. The van der Waals surface area contributed by atoms with Crippen molar-refractivity contribution in [2.24, 2.45) is 11.3 Å². The quantitative estimate of drug-likeness (QED) is 0.183. The van der Waals surface area contributed by atoms with E-state index in [4.69, 9.17) is 14.2 Å². The number of esters is 1. The molecule has 1 unspecified atom stereocenters. The number of ether oxygens (including phenoxy) is 3. The molecule has 1 aromatic carbocycles.